The van der Waals surface area contributed by atoms with Crippen LogP contribution in [-0.2, 0) is 14.3 Å². The van der Waals surface area contributed by atoms with Crippen molar-refractivity contribution >= 4 is 11.9 Å². The predicted octanol–water partition coefficient (Wildman–Crippen LogP) is 11.2. The number of esters is 1. The van der Waals surface area contributed by atoms with Crippen LogP contribution in [0.1, 0.15) is 142 Å². The molecule has 0 bridgehead atoms. The molecule has 0 aliphatic rings. The average molecular weight is 569 g/mol. The number of carbonyl (C=O) groups excluding carboxylic acids is 1. The van der Waals surface area contributed by atoms with Gasteiger partial charge in [-0.1, -0.05) is 119 Å². The molecule has 0 aliphatic carbocycles. The van der Waals surface area contributed by atoms with Gasteiger partial charge < -0.3 is 9.84 Å². The highest BCUT2D eigenvalue weighted by Crippen LogP contribution is 2.14. The lowest BCUT2D eigenvalue weighted by Crippen LogP contribution is -2.16. The van der Waals surface area contributed by atoms with Crippen molar-refractivity contribution in [3.8, 4) is 0 Å². The van der Waals surface area contributed by atoms with Crippen molar-refractivity contribution in [3.05, 3.63) is 72.9 Å². The smallest absolute Gasteiger partial charge is 0.306 e. The molecule has 232 valence electrons. The van der Waals surface area contributed by atoms with Crippen LogP contribution in [0.15, 0.2) is 72.9 Å². The number of unbranched alkanes of at least 4 members (excludes halogenated alkanes) is 9. The summed E-state index contributed by atoms with van der Waals surface area (Å²) in [6, 6.07) is 0. The van der Waals surface area contributed by atoms with E-state index < -0.39 is 5.97 Å². The fraction of sp³-hybridized carbons (Fsp3) is 0.622. The summed E-state index contributed by atoms with van der Waals surface area (Å²) in [6.07, 6.45) is 44.9. The molecule has 0 radical (unpaired) electrons. The number of carbonyl (C=O) groups is 2. The normalized spacial score (nSPS) is 13.2. The number of carboxylic acids is 1. The van der Waals surface area contributed by atoms with E-state index in [4.69, 9.17) is 9.84 Å². The molecule has 0 fully saturated rings. The molecule has 0 aromatic rings. The van der Waals surface area contributed by atoms with E-state index in [0.29, 0.717) is 12.8 Å². The number of hydrogen-bond donors (Lipinski definition) is 1. The van der Waals surface area contributed by atoms with Crippen LogP contribution in [0.25, 0.3) is 0 Å². The molecule has 0 aromatic heterocycles. The van der Waals surface area contributed by atoms with Crippen molar-refractivity contribution in [2.24, 2.45) is 0 Å². The zero-order valence-corrected chi connectivity index (χ0v) is 26.3. The van der Waals surface area contributed by atoms with Gasteiger partial charge in [0.2, 0.25) is 0 Å². The Kier molecular flexibility index (Phi) is 29.9. The second-order valence-corrected chi connectivity index (χ2v) is 10.6. The first kappa shape index (κ1) is 38.4. The quantitative estimate of drug-likeness (QED) is 0.0579. The molecule has 0 saturated carbocycles. The lowest BCUT2D eigenvalue weighted by Gasteiger charge is -2.14. The first-order valence-corrected chi connectivity index (χ1v) is 16.4. The van der Waals surface area contributed by atoms with Crippen molar-refractivity contribution in [2.75, 3.05) is 0 Å². The summed E-state index contributed by atoms with van der Waals surface area (Å²) < 4.78 is 5.80. The van der Waals surface area contributed by atoms with Crippen LogP contribution in [0.5, 0.6) is 0 Å². The minimum absolute atomic E-state index is 0.108. The summed E-state index contributed by atoms with van der Waals surface area (Å²) in [6.45, 7) is 4.35. The highest BCUT2D eigenvalue weighted by molar-refractivity contribution is 5.69. The van der Waals surface area contributed by atoms with Gasteiger partial charge in [0.15, 0.2) is 0 Å². The van der Waals surface area contributed by atoms with Gasteiger partial charge in [-0.25, -0.2) is 0 Å². The molecule has 0 heterocycles. The summed E-state index contributed by atoms with van der Waals surface area (Å²) in [5, 5.41) is 8.78. The minimum atomic E-state index is -0.735. The number of carboxylic acid groups (broad SMARTS) is 1. The van der Waals surface area contributed by atoms with Crippen LogP contribution in [-0.4, -0.2) is 23.1 Å². The molecule has 0 aromatic carbocycles. The first-order chi connectivity index (χ1) is 20.1. The highest BCUT2D eigenvalue weighted by Gasteiger charge is 2.11. The van der Waals surface area contributed by atoms with Crippen LogP contribution < -0.4 is 0 Å². The Morgan fingerprint density at radius 2 is 1.10 bits per heavy atom. The van der Waals surface area contributed by atoms with E-state index in [1.54, 1.807) is 0 Å². The maximum absolute atomic E-state index is 12.5. The van der Waals surface area contributed by atoms with Crippen LogP contribution in [0.2, 0.25) is 0 Å². The largest absolute Gasteiger partial charge is 0.481 e. The van der Waals surface area contributed by atoms with Crippen molar-refractivity contribution in [3.63, 3.8) is 0 Å². The van der Waals surface area contributed by atoms with Gasteiger partial charge in [0, 0.05) is 12.8 Å². The molecule has 4 nitrogen and oxygen atoms in total. The van der Waals surface area contributed by atoms with Crippen molar-refractivity contribution < 1.29 is 19.4 Å². The van der Waals surface area contributed by atoms with Crippen LogP contribution in [0.4, 0.5) is 0 Å². The SMILES string of the molecule is CC/C=C\C/C=C\C/C=C\C/C=C\CCCCCCC(=O)OC(/C=C\C/C=C\CCCC)CCCCCCC(=O)O. The van der Waals surface area contributed by atoms with Gasteiger partial charge in [0.1, 0.15) is 6.10 Å². The maximum atomic E-state index is 12.5. The molecular formula is C37H60O4. The molecule has 1 unspecified atom stereocenters. The second-order valence-electron chi connectivity index (χ2n) is 10.6. The molecule has 0 rings (SSSR count). The van der Waals surface area contributed by atoms with Crippen LogP contribution in [0, 0.1) is 0 Å². The van der Waals surface area contributed by atoms with Gasteiger partial charge in [-0.3, -0.25) is 9.59 Å². The fourth-order valence-corrected chi connectivity index (χ4v) is 4.23. The monoisotopic (exact) mass is 568 g/mol. The molecule has 0 amide bonds. The van der Waals surface area contributed by atoms with Gasteiger partial charge in [0.05, 0.1) is 0 Å². The third-order valence-electron chi connectivity index (χ3n) is 6.65. The number of ether oxygens (including phenoxy) is 1. The van der Waals surface area contributed by atoms with Crippen molar-refractivity contribution in [2.45, 2.75) is 148 Å². The van der Waals surface area contributed by atoms with Crippen LogP contribution in [0.3, 0.4) is 0 Å². The third-order valence-corrected chi connectivity index (χ3v) is 6.65. The Hall–Kier alpha value is -2.62. The van der Waals surface area contributed by atoms with Crippen molar-refractivity contribution in [1.29, 1.82) is 0 Å². The molecule has 0 saturated heterocycles. The lowest BCUT2D eigenvalue weighted by molar-refractivity contribution is -0.147. The Labute approximate surface area is 252 Å². The van der Waals surface area contributed by atoms with E-state index >= 15 is 0 Å². The number of aliphatic carboxylic acids is 1. The molecular weight excluding hydrogens is 508 g/mol. The topological polar surface area (TPSA) is 63.6 Å². The zero-order chi connectivity index (χ0) is 30.1. The molecule has 1 N–H and O–H groups in total. The van der Waals surface area contributed by atoms with E-state index in [2.05, 4.69) is 80.7 Å². The lowest BCUT2D eigenvalue weighted by atomic mass is 10.1. The van der Waals surface area contributed by atoms with Gasteiger partial charge >= 0.3 is 11.9 Å². The van der Waals surface area contributed by atoms with E-state index in [1.807, 2.05) is 6.08 Å². The Balaban J connectivity index is 4.10. The Bertz CT molecular complexity index is 785. The van der Waals surface area contributed by atoms with Gasteiger partial charge in [-0.05, 0) is 83.1 Å². The van der Waals surface area contributed by atoms with E-state index in [0.717, 1.165) is 96.3 Å². The fourth-order valence-electron chi connectivity index (χ4n) is 4.23. The number of hydrogen-bond acceptors (Lipinski definition) is 3. The maximum Gasteiger partial charge on any atom is 0.306 e. The number of allylic oxidation sites excluding steroid dienone is 11. The Morgan fingerprint density at radius 1 is 0.585 bits per heavy atom. The summed E-state index contributed by atoms with van der Waals surface area (Å²) in [7, 11) is 0. The molecule has 0 aliphatic heterocycles. The molecule has 41 heavy (non-hydrogen) atoms. The molecule has 4 heteroatoms. The summed E-state index contributed by atoms with van der Waals surface area (Å²) in [5.74, 6) is -0.843. The van der Waals surface area contributed by atoms with E-state index in [1.165, 1.54) is 12.8 Å². The summed E-state index contributed by atoms with van der Waals surface area (Å²) >= 11 is 0. The van der Waals surface area contributed by atoms with Gasteiger partial charge in [-0.2, -0.15) is 0 Å². The molecule has 0 spiro atoms. The van der Waals surface area contributed by atoms with Gasteiger partial charge in [0.25, 0.3) is 0 Å². The Morgan fingerprint density at radius 3 is 1.71 bits per heavy atom. The summed E-state index contributed by atoms with van der Waals surface area (Å²) in [5.41, 5.74) is 0. The summed E-state index contributed by atoms with van der Waals surface area (Å²) in [4.78, 5) is 23.1. The van der Waals surface area contributed by atoms with Crippen molar-refractivity contribution in [1.82, 2.24) is 0 Å². The predicted molar refractivity (Wildman–Crippen MR) is 176 cm³/mol. The van der Waals surface area contributed by atoms with Crippen LogP contribution >= 0.6 is 0 Å². The average Bonchev–Trinajstić information content (AvgIpc) is 2.95. The van der Waals surface area contributed by atoms with E-state index in [-0.39, 0.29) is 18.5 Å². The molecule has 1 atom stereocenters. The minimum Gasteiger partial charge on any atom is -0.481 e. The second kappa shape index (κ2) is 31.9. The highest BCUT2D eigenvalue weighted by atomic mass is 16.5. The third kappa shape index (κ3) is 31.8. The standard InChI is InChI=1S/C37H60O4/c1-3-5-7-9-11-12-13-14-15-16-17-18-19-20-22-24-30-34-37(40)41-35(31-27-23-21-10-8-6-4-2)32-28-25-26-29-33-36(38)39/h5,7,10-12,14-15,17-18,21,27,31,35H,3-4,6,8-9,13,16,19-20,22-26,28-30,32-34H2,1-2H3,(H,38,39)/b7-5-,12-11-,15-14-,18-17-,21-10-,31-27-. The van der Waals surface area contributed by atoms with E-state index in [9.17, 15) is 9.59 Å². The first-order valence-electron chi connectivity index (χ1n) is 16.4. The van der Waals surface area contributed by atoms with Gasteiger partial charge in [-0.15, -0.1) is 0 Å². The zero-order valence-electron chi connectivity index (χ0n) is 26.3. The number of rotatable bonds is 28.